The van der Waals surface area contributed by atoms with E-state index in [1.54, 1.807) is 0 Å². The van der Waals surface area contributed by atoms with Gasteiger partial charge in [-0.3, -0.25) is 28.7 Å². The molecule has 8 heteroatoms. The van der Waals surface area contributed by atoms with E-state index >= 15 is 0 Å². The van der Waals surface area contributed by atoms with Crippen LogP contribution in [0.1, 0.15) is 0 Å². The van der Waals surface area contributed by atoms with Crippen LogP contribution in [-0.4, -0.2) is 32.8 Å². The summed E-state index contributed by atoms with van der Waals surface area (Å²) in [6.07, 6.45) is 0. The molecule has 22 heavy (non-hydrogen) atoms. The molecule has 0 aliphatic rings. The maximum absolute atomic E-state index is 12.3. The molecule has 0 amide bonds. The molecule has 0 radical (unpaired) electrons. The fourth-order valence-corrected chi connectivity index (χ4v) is 3.12. The van der Waals surface area contributed by atoms with Gasteiger partial charge in [-0.2, -0.15) is 11.8 Å². The molecule has 1 aromatic carbocycles. The van der Waals surface area contributed by atoms with E-state index in [2.05, 4.69) is 4.98 Å². The standard InChI is InChI=1S/C14H12N2O5S/c17-2-4-22-3-1-16-13(20)9-5-7-8(6-10(9)14(16)21)12(19)15-11(7)18/h5-6,17H,1-4H2,(H,15,18,19). The molecule has 3 rings (SSSR count). The predicted molar refractivity (Wildman–Crippen MR) is 85.7 cm³/mol. The Morgan fingerprint density at radius 2 is 1.45 bits per heavy atom. The molecule has 0 unspecified atom stereocenters. The van der Waals surface area contributed by atoms with Crippen LogP contribution < -0.4 is 22.2 Å². The fourth-order valence-electron chi connectivity index (χ4n) is 2.48. The molecule has 3 aromatic rings. The number of nitrogens with zero attached hydrogens (tertiary/aromatic N) is 1. The van der Waals surface area contributed by atoms with E-state index in [4.69, 9.17) is 5.11 Å². The number of aliphatic hydroxyl groups excluding tert-OH is 1. The first-order valence-electron chi connectivity index (χ1n) is 6.63. The molecule has 0 spiro atoms. The molecule has 0 atom stereocenters. The molecule has 0 fully saturated rings. The van der Waals surface area contributed by atoms with Crippen LogP contribution in [-0.2, 0) is 6.54 Å². The lowest BCUT2D eigenvalue weighted by atomic mass is 10.1. The highest BCUT2D eigenvalue weighted by Crippen LogP contribution is 2.13. The number of hydrogen-bond acceptors (Lipinski definition) is 6. The van der Waals surface area contributed by atoms with Crippen LogP contribution in [0, 0.1) is 0 Å². The van der Waals surface area contributed by atoms with Crippen LogP contribution in [0.15, 0.2) is 31.3 Å². The Labute approximate surface area is 126 Å². The molecule has 0 saturated heterocycles. The second-order valence-corrected chi connectivity index (χ2v) is 6.05. The number of benzene rings is 1. The number of aromatic nitrogens is 2. The predicted octanol–water partition coefficient (Wildman–Crippen LogP) is -0.835. The maximum Gasteiger partial charge on any atom is 0.261 e. The van der Waals surface area contributed by atoms with Gasteiger partial charge in [-0.1, -0.05) is 0 Å². The number of rotatable bonds is 5. The van der Waals surface area contributed by atoms with E-state index in [1.165, 1.54) is 23.9 Å². The zero-order valence-corrected chi connectivity index (χ0v) is 12.2. The Kier molecular flexibility index (Phi) is 3.71. The highest BCUT2D eigenvalue weighted by atomic mass is 32.2. The zero-order valence-electron chi connectivity index (χ0n) is 11.4. The minimum Gasteiger partial charge on any atom is -0.396 e. The Balaban J connectivity index is 2.16. The molecule has 114 valence electrons. The van der Waals surface area contributed by atoms with Gasteiger partial charge >= 0.3 is 0 Å². The summed E-state index contributed by atoms with van der Waals surface area (Å²) in [5, 5.41) is 9.27. The SMILES string of the molecule is O=c1[nH]c(=O)c2cc3c(=O)n(CCSCCO)c(=O)c3cc12. The Morgan fingerprint density at radius 3 is 1.95 bits per heavy atom. The van der Waals surface area contributed by atoms with Crippen LogP contribution in [0.3, 0.4) is 0 Å². The van der Waals surface area contributed by atoms with Gasteiger partial charge in [-0.05, 0) is 12.1 Å². The maximum atomic E-state index is 12.3. The van der Waals surface area contributed by atoms with Crippen molar-refractivity contribution in [1.82, 2.24) is 9.55 Å². The van der Waals surface area contributed by atoms with Crippen LogP contribution in [0.5, 0.6) is 0 Å². The van der Waals surface area contributed by atoms with Gasteiger partial charge in [0, 0.05) is 18.1 Å². The van der Waals surface area contributed by atoms with Crippen molar-refractivity contribution in [2.75, 3.05) is 18.1 Å². The van der Waals surface area contributed by atoms with Crippen LogP contribution >= 0.6 is 11.8 Å². The summed E-state index contributed by atoms with van der Waals surface area (Å²) in [5.41, 5.74) is -2.03. The highest BCUT2D eigenvalue weighted by molar-refractivity contribution is 7.99. The van der Waals surface area contributed by atoms with E-state index < -0.39 is 22.2 Å². The summed E-state index contributed by atoms with van der Waals surface area (Å²) in [7, 11) is 0. The van der Waals surface area contributed by atoms with Crippen molar-refractivity contribution in [2.24, 2.45) is 0 Å². The molecule has 0 aliphatic heterocycles. The summed E-state index contributed by atoms with van der Waals surface area (Å²) in [6.45, 7) is 0.262. The van der Waals surface area contributed by atoms with Gasteiger partial charge in [0.25, 0.3) is 22.2 Å². The number of nitrogens with one attached hydrogen (secondary N) is 1. The summed E-state index contributed by atoms with van der Waals surface area (Å²) in [4.78, 5) is 50.0. The molecule has 2 heterocycles. The lowest BCUT2D eigenvalue weighted by Gasteiger charge is -1.99. The lowest BCUT2D eigenvalue weighted by Crippen LogP contribution is -2.26. The van der Waals surface area contributed by atoms with Crippen LogP contribution in [0.25, 0.3) is 21.5 Å². The zero-order chi connectivity index (χ0) is 15.9. The van der Waals surface area contributed by atoms with E-state index in [0.29, 0.717) is 11.5 Å². The van der Waals surface area contributed by atoms with Crippen molar-refractivity contribution < 1.29 is 5.11 Å². The van der Waals surface area contributed by atoms with Crippen LogP contribution in [0.4, 0.5) is 0 Å². The molecule has 0 bridgehead atoms. The van der Waals surface area contributed by atoms with Crippen molar-refractivity contribution in [2.45, 2.75) is 6.54 Å². The quantitative estimate of drug-likeness (QED) is 0.594. The minimum atomic E-state index is -0.556. The Hall–Kier alpha value is -2.19. The van der Waals surface area contributed by atoms with Crippen molar-refractivity contribution in [3.05, 3.63) is 53.5 Å². The number of aromatic amines is 1. The normalized spacial score (nSPS) is 11.7. The van der Waals surface area contributed by atoms with Crippen LogP contribution in [0.2, 0.25) is 0 Å². The fraction of sp³-hybridized carbons (Fsp3) is 0.286. The van der Waals surface area contributed by atoms with Gasteiger partial charge in [0.05, 0.1) is 28.2 Å². The first kappa shape index (κ1) is 14.7. The van der Waals surface area contributed by atoms with Crippen molar-refractivity contribution in [3.63, 3.8) is 0 Å². The van der Waals surface area contributed by atoms with E-state index in [0.717, 1.165) is 4.57 Å². The minimum absolute atomic E-state index is 0.0384. The van der Waals surface area contributed by atoms with Gasteiger partial charge in [-0.25, -0.2) is 0 Å². The van der Waals surface area contributed by atoms with Crippen molar-refractivity contribution in [3.8, 4) is 0 Å². The van der Waals surface area contributed by atoms with Crippen molar-refractivity contribution in [1.29, 1.82) is 0 Å². The molecule has 7 nitrogen and oxygen atoms in total. The van der Waals surface area contributed by atoms with Gasteiger partial charge in [-0.15, -0.1) is 0 Å². The average molecular weight is 320 g/mol. The van der Waals surface area contributed by atoms with Gasteiger partial charge in [0.1, 0.15) is 0 Å². The third-order valence-corrected chi connectivity index (χ3v) is 4.46. The summed E-state index contributed by atoms with van der Waals surface area (Å²) in [5.74, 6) is 1.05. The monoisotopic (exact) mass is 320 g/mol. The van der Waals surface area contributed by atoms with Crippen molar-refractivity contribution >= 4 is 33.3 Å². The van der Waals surface area contributed by atoms with E-state index in [1.807, 2.05) is 0 Å². The van der Waals surface area contributed by atoms with Gasteiger partial charge in [0.15, 0.2) is 0 Å². The first-order valence-corrected chi connectivity index (χ1v) is 7.78. The number of thioether (sulfide) groups is 1. The molecule has 2 N–H and O–H groups in total. The second kappa shape index (κ2) is 5.54. The summed E-state index contributed by atoms with van der Waals surface area (Å²) < 4.78 is 1.10. The number of aliphatic hydroxyl groups is 1. The first-order chi connectivity index (χ1) is 10.5. The molecular formula is C14H12N2O5S. The topological polar surface area (TPSA) is 109 Å². The highest BCUT2D eigenvalue weighted by Gasteiger charge is 2.16. The number of H-pyrrole nitrogens is 1. The van der Waals surface area contributed by atoms with Gasteiger partial charge in [0.2, 0.25) is 0 Å². The summed E-state index contributed by atoms with van der Waals surface area (Å²) in [6, 6.07) is 2.62. The molecule has 0 aliphatic carbocycles. The Morgan fingerprint density at radius 1 is 0.909 bits per heavy atom. The molecule has 2 aromatic heterocycles. The molecular weight excluding hydrogens is 308 g/mol. The third kappa shape index (κ3) is 2.20. The molecule has 0 saturated carbocycles. The third-order valence-electron chi connectivity index (χ3n) is 3.52. The second-order valence-electron chi connectivity index (χ2n) is 4.82. The Bertz CT molecular complexity index is 979. The largest absolute Gasteiger partial charge is 0.396 e. The van der Waals surface area contributed by atoms with E-state index in [9.17, 15) is 19.2 Å². The lowest BCUT2D eigenvalue weighted by molar-refractivity contribution is 0.322. The van der Waals surface area contributed by atoms with E-state index in [-0.39, 0.29) is 34.7 Å². The average Bonchev–Trinajstić information content (AvgIpc) is 2.91. The number of hydrogen-bond donors (Lipinski definition) is 2. The summed E-state index contributed by atoms with van der Waals surface area (Å²) >= 11 is 1.43. The van der Waals surface area contributed by atoms with Gasteiger partial charge < -0.3 is 5.11 Å². The smallest absolute Gasteiger partial charge is 0.261 e. The number of fused-ring (bicyclic) bond motifs is 2.